The predicted molar refractivity (Wildman–Crippen MR) is 68.4 cm³/mol. The van der Waals surface area contributed by atoms with Crippen molar-refractivity contribution in [3.8, 4) is 0 Å². The Morgan fingerprint density at radius 1 is 1.35 bits per heavy atom. The normalized spacial score (nSPS) is 11.6. The molecule has 0 aliphatic heterocycles. The van der Waals surface area contributed by atoms with Crippen LogP contribution in [-0.2, 0) is 10.0 Å². The third-order valence-electron chi connectivity index (χ3n) is 2.18. The van der Waals surface area contributed by atoms with Crippen molar-refractivity contribution >= 4 is 31.9 Å². The fraction of sp³-hybridized carbons (Fsp3) is 0.300. The molecule has 0 radical (unpaired) electrons. The summed E-state index contributed by atoms with van der Waals surface area (Å²) in [5, 5.41) is 2.45. The summed E-state index contributed by atoms with van der Waals surface area (Å²) in [7, 11) is 0.803. The molecule has 0 heterocycles. The van der Waals surface area contributed by atoms with Crippen LogP contribution in [0.4, 0.5) is 0 Å². The maximum absolute atomic E-state index is 12.0. The molecule has 0 atom stereocenters. The van der Waals surface area contributed by atoms with Crippen LogP contribution < -0.4 is 5.32 Å². The molecule has 1 aromatic rings. The van der Waals surface area contributed by atoms with E-state index in [-0.39, 0.29) is 10.8 Å². The third kappa shape index (κ3) is 2.85. The molecule has 1 N–H and O–H groups in total. The second kappa shape index (κ2) is 5.16. The molecule has 0 aromatic heterocycles. The summed E-state index contributed by atoms with van der Waals surface area (Å²) in [5.41, 5.74) is 0.302. The number of rotatable bonds is 3. The third-order valence-corrected chi connectivity index (χ3v) is 4.99. The summed E-state index contributed by atoms with van der Waals surface area (Å²) < 4.78 is 25.5. The molecule has 1 amide bonds. The van der Waals surface area contributed by atoms with Crippen molar-refractivity contribution in [1.29, 1.82) is 0 Å². The van der Waals surface area contributed by atoms with E-state index in [9.17, 15) is 13.2 Å². The number of nitrogens with one attached hydrogen (secondary N) is 1. The molecule has 0 fully saturated rings. The minimum absolute atomic E-state index is 0.0728. The van der Waals surface area contributed by atoms with Gasteiger partial charge in [0.15, 0.2) is 0 Å². The number of hydrogen-bond acceptors (Lipinski definition) is 3. The van der Waals surface area contributed by atoms with Crippen molar-refractivity contribution in [3.05, 3.63) is 28.2 Å². The lowest BCUT2D eigenvalue weighted by molar-refractivity contribution is 0.0963. The van der Waals surface area contributed by atoms with Gasteiger partial charge in [-0.1, -0.05) is 0 Å². The van der Waals surface area contributed by atoms with Crippen LogP contribution in [0.1, 0.15) is 10.4 Å². The Labute approximate surface area is 109 Å². The minimum Gasteiger partial charge on any atom is -0.355 e. The molecular formula is C10H13BrN2O3S. The van der Waals surface area contributed by atoms with Crippen molar-refractivity contribution in [1.82, 2.24) is 9.62 Å². The second-order valence-corrected chi connectivity index (χ2v) is 6.49. The molecule has 0 saturated heterocycles. The zero-order valence-corrected chi connectivity index (χ0v) is 12.1. The Kier molecular flexibility index (Phi) is 4.29. The van der Waals surface area contributed by atoms with E-state index in [1.165, 1.54) is 27.2 Å². The first-order valence-corrected chi connectivity index (χ1v) is 6.98. The zero-order chi connectivity index (χ0) is 13.2. The Balaban J connectivity index is 3.40. The molecule has 1 aromatic carbocycles. The quantitative estimate of drug-likeness (QED) is 0.905. The Morgan fingerprint density at radius 2 is 1.94 bits per heavy atom. The average molecular weight is 321 g/mol. The van der Waals surface area contributed by atoms with E-state index < -0.39 is 10.0 Å². The molecule has 0 saturated carbocycles. The van der Waals surface area contributed by atoms with Crippen molar-refractivity contribution in [2.75, 3.05) is 21.1 Å². The van der Waals surface area contributed by atoms with E-state index in [1.807, 2.05) is 0 Å². The lowest BCUT2D eigenvalue weighted by Gasteiger charge is -2.13. The number of carbonyl (C=O) groups excluding carboxylic acids is 1. The van der Waals surface area contributed by atoms with Gasteiger partial charge in [0.2, 0.25) is 10.0 Å². The lowest BCUT2D eigenvalue weighted by atomic mass is 10.2. The number of carbonyl (C=O) groups is 1. The number of nitrogens with zero attached hydrogens (tertiary/aromatic N) is 1. The molecule has 5 nitrogen and oxygen atoms in total. The van der Waals surface area contributed by atoms with Crippen LogP contribution in [0.2, 0.25) is 0 Å². The van der Waals surface area contributed by atoms with Gasteiger partial charge in [-0.3, -0.25) is 4.79 Å². The summed E-state index contributed by atoms with van der Waals surface area (Å²) in [4.78, 5) is 11.5. The summed E-state index contributed by atoms with van der Waals surface area (Å²) >= 11 is 3.17. The van der Waals surface area contributed by atoms with E-state index in [1.54, 1.807) is 12.1 Å². The zero-order valence-electron chi connectivity index (χ0n) is 9.69. The molecule has 0 aliphatic rings. The van der Waals surface area contributed by atoms with Gasteiger partial charge in [0, 0.05) is 31.2 Å². The van der Waals surface area contributed by atoms with Crippen molar-refractivity contribution in [3.63, 3.8) is 0 Å². The summed E-state index contributed by atoms with van der Waals surface area (Å²) in [6.45, 7) is 0. The van der Waals surface area contributed by atoms with Gasteiger partial charge < -0.3 is 5.32 Å². The first-order valence-electron chi connectivity index (χ1n) is 4.75. The largest absolute Gasteiger partial charge is 0.355 e. The fourth-order valence-electron chi connectivity index (χ4n) is 1.18. The highest BCUT2D eigenvalue weighted by Gasteiger charge is 2.21. The topological polar surface area (TPSA) is 66.5 Å². The van der Waals surface area contributed by atoms with Crippen LogP contribution in [0.3, 0.4) is 0 Å². The SMILES string of the molecule is CNC(=O)c1ccc(Br)c(S(=O)(=O)N(C)C)c1. The maximum Gasteiger partial charge on any atom is 0.251 e. The summed E-state index contributed by atoms with van der Waals surface area (Å²) in [5.74, 6) is -0.326. The Hall–Kier alpha value is -0.920. The van der Waals surface area contributed by atoms with Gasteiger partial charge in [0.05, 0.1) is 4.90 Å². The van der Waals surface area contributed by atoms with Gasteiger partial charge in [0.1, 0.15) is 0 Å². The van der Waals surface area contributed by atoms with Crippen LogP contribution in [0, 0.1) is 0 Å². The molecule has 0 spiro atoms. The first-order chi connectivity index (χ1) is 7.80. The van der Waals surface area contributed by atoms with Gasteiger partial charge in [-0.2, -0.15) is 0 Å². The van der Waals surface area contributed by atoms with Crippen LogP contribution in [0.15, 0.2) is 27.6 Å². The van der Waals surface area contributed by atoms with Gasteiger partial charge >= 0.3 is 0 Å². The lowest BCUT2D eigenvalue weighted by Crippen LogP contribution is -2.24. The number of benzene rings is 1. The molecule has 1 rings (SSSR count). The molecule has 7 heteroatoms. The average Bonchev–Trinajstić information content (AvgIpc) is 2.28. The van der Waals surface area contributed by atoms with Crippen LogP contribution in [-0.4, -0.2) is 39.8 Å². The van der Waals surface area contributed by atoms with Crippen LogP contribution in [0.25, 0.3) is 0 Å². The van der Waals surface area contributed by atoms with Gasteiger partial charge in [-0.05, 0) is 34.1 Å². The highest BCUT2D eigenvalue weighted by atomic mass is 79.9. The van der Waals surface area contributed by atoms with Crippen LogP contribution in [0.5, 0.6) is 0 Å². The number of sulfonamides is 1. The molecule has 17 heavy (non-hydrogen) atoms. The number of amides is 1. The van der Waals surface area contributed by atoms with Crippen molar-refractivity contribution < 1.29 is 13.2 Å². The van der Waals surface area contributed by atoms with Gasteiger partial charge in [-0.15, -0.1) is 0 Å². The molecule has 0 unspecified atom stereocenters. The van der Waals surface area contributed by atoms with Crippen LogP contribution >= 0.6 is 15.9 Å². The highest BCUT2D eigenvalue weighted by Crippen LogP contribution is 2.25. The fourth-order valence-corrected chi connectivity index (χ4v) is 3.03. The van der Waals surface area contributed by atoms with E-state index >= 15 is 0 Å². The molecule has 0 bridgehead atoms. The first kappa shape index (κ1) is 14.1. The standard InChI is InChI=1S/C10H13BrN2O3S/c1-12-10(14)7-4-5-8(11)9(6-7)17(15,16)13(2)3/h4-6H,1-3H3,(H,12,14). The van der Waals surface area contributed by atoms with E-state index in [0.29, 0.717) is 10.0 Å². The second-order valence-electron chi connectivity index (χ2n) is 3.51. The van der Waals surface area contributed by atoms with Gasteiger partial charge in [0.25, 0.3) is 5.91 Å². The predicted octanol–water partition coefficient (Wildman–Crippen LogP) is 1.06. The minimum atomic E-state index is -3.57. The molecular weight excluding hydrogens is 308 g/mol. The van der Waals surface area contributed by atoms with E-state index in [2.05, 4.69) is 21.2 Å². The monoisotopic (exact) mass is 320 g/mol. The highest BCUT2D eigenvalue weighted by molar-refractivity contribution is 9.10. The van der Waals surface area contributed by atoms with Gasteiger partial charge in [-0.25, -0.2) is 12.7 Å². The molecule has 0 aliphatic carbocycles. The summed E-state index contributed by atoms with van der Waals surface area (Å²) in [6, 6.07) is 4.44. The number of halogens is 1. The number of hydrogen-bond donors (Lipinski definition) is 1. The van der Waals surface area contributed by atoms with E-state index in [4.69, 9.17) is 0 Å². The van der Waals surface area contributed by atoms with Crippen molar-refractivity contribution in [2.45, 2.75) is 4.90 Å². The molecule has 94 valence electrons. The Morgan fingerprint density at radius 3 is 2.41 bits per heavy atom. The van der Waals surface area contributed by atoms with Crippen molar-refractivity contribution in [2.24, 2.45) is 0 Å². The smallest absolute Gasteiger partial charge is 0.251 e. The summed E-state index contributed by atoms with van der Waals surface area (Å²) in [6.07, 6.45) is 0. The van der Waals surface area contributed by atoms with E-state index in [0.717, 1.165) is 4.31 Å². The Bertz CT molecular complexity index is 540. The maximum atomic E-state index is 12.0.